The minimum Gasteiger partial charge on any atom is -0.469 e. The Kier molecular flexibility index (Phi) is 6.63. The van der Waals surface area contributed by atoms with Crippen LogP contribution >= 0.6 is 0 Å². The number of hydrogen-bond acceptors (Lipinski definition) is 4. The number of Topliss-reactive ketones (excluding diaryl/α,β-unsaturated/α-hetero) is 1. The molecule has 36 heavy (non-hydrogen) atoms. The van der Waals surface area contributed by atoms with Crippen molar-refractivity contribution in [1.82, 2.24) is 0 Å². The second kappa shape index (κ2) is 8.71. The van der Waals surface area contributed by atoms with Crippen LogP contribution in [0, 0.1) is 68.0 Å². The van der Waals surface area contributed by atoms with Gasteiger partial charge in [-0.1, -0.05) is 46.8 Å². The summed E-state index contributed by atoms with van der Waals surface area (Å²) >= 11 is 0. The van der Waals surface area contributed by atoms with E-state index in [9.17, 15) is 14.9 Å². The number of rotatable bonds is 5. The van der Waals surface area contributed by atoms with Crippen molar-refractivity contribution in [3.63, 3.8) is 0 Å². The molecule has 0 aliphatic heterocycles. The van der Waals surface area contributed by atoms with Gasteiger partial charge in [-0.2, -0.15) is 5.26 Å². The average Bonchev–Trinajstić information content (AvgIpc) is 3.20. The molecule has 0 radical (unpaired) electrons. The molecule has 0 bridgehead atoms. The first-order chi connectivity index (χ1) is 16.7. The van der Waals surface area contributed by atoms with E-state index in [-0.39, 0.29) is 45.2 Å². The summed E-state index contributed by atoms with van der Waals surface area (Å²) in [5.74, 6) is 1.91. The lowest BCUT2D eigenvalue weighted by molar-refractivity contribution is -0.229. The van der Waals surface area contributed by atoms with Crippen LogP contribution in [0.4, 0.5) is 0 Å². The Bertz CT molecular complexity index is 992. The van der Waals surface area contributed by atoms with Gasteiger partial charge in [-0.05, 0) is 111 Å². The number of nitriles is 1. The van der Waals surface area contributed by atoms with Crippen LogP contribution < -0.4 is 0 Å². The van der Waals surface area contributed by atoms with Gasteiger partial charge >= 0.3 is 5.97 Å². The lowest BCUT2D eigenvalue weighted by Crippen LogP contribution is -2.65. The zero-order valence-corrected chi connectivity index (χ0v) is 24.1. The van der Waals surface area contributed by atoms with Crippen molar-refractivity contribution in [2.75, 3.05) is 7.11 Å². The van der Waals surface area contributed by atoms with Crippen LogP contribution in [0.3, 0.4) is 0 Å². The minimum atomic E-state index is -0.437. The zero-order valence-electron chi connectivity index (χ0n) is 24.1. The highest BCUT2D eigenvalue weighted by molar-refractivity contribution is 5.82. The predicted molar refractivity (Wildman–Crippen MR) is 143 cm³/mol. The number of esters is 1. The van der Waals surface area contributed by atoms with Gasteiger partial charge in [-0.3, -0.25) is 9.59 Å². The molecule has 0 aromatic carbocycles. The van der Waals surface area contributed by atoms with E-state index >= 15 is 0 Å². The molecule has 4 aliphatic carbocycles. The van der Waals surface area contributed by atoms with Gasteiger partial charge in [0, 0.05) is 11.8 Å². The number of carbonyl (C=O) groups is 2. The Hall–Kier alpha value is -1.63. The highest BCUT2D eigenvalue weighted by Crippen LogP contribution is 2.76. The summed E-state index contributed by atoms with van der Waals surface area (Å²) in [6.45, 7) is 19.8. The molecule has 0 heterocycles. The van der Waals surface area contributed by atoms with Crippen LogP contribution in [0.5, 0.6) is 0 Å². The average molecular weight is 496 g/mol. The van der Waals surface area contributed by atoms with Crippen molar-refractivity contribution in [3.05, 3.63) is 12.2 Å². The third-order valence-electron chi connectivity index (χ3n) is 13.2. The van der Waals surface area contributed by atoms with Gasteiger partial charge in [-0.15, -0.1) is 0 Å². The van der Waals surface area contributed by atoms with E-state index in [1.165, 1.54) is 5.57 Å². The van der Waals surface area contributed by atoms with Crippen LogP contribution in [-0.2, 0) is 14.3 Å². The molecule has 0 unspecified atom stereocenters. The second-order valence-corrected chi connectivity index (χ2v) is 14.4. The predicted octanol–water partition coefficient (Wildman–Crippen LogP) is 7.53. The Labute approximate surface area is 219 Å². The highest BCUT2D eigenvalue weighted by Gasteiger charge is 2.71. The molecule has 4 saturated carbocycles. The number of ether oxygens (including phenoxy) is 1. The molecule has 4 rings (SSSR count). The third-order valence-corrected chi connectivity index (χ3v) is 13.2. The van der Waals surface area contributed by atoms with E-state index < -0.39 is 5.41 Å². The van der Waals surface area contributed by atoms with Crippen molar-refractivity contribution >= 4 is 11.8 Å². The fourth-order valence-corrected chi connectivity index (χ4v) is 10.9. The second-order valence-electron chi connectivity index (χ2n) is 14.4. The number of fused-ring (bicyclic) bond motifs is 5. The van der Waals surface area contributed by atoms with Crippen LogP contribution in [0.25, 0.3) is 0 Å². The van der Waals surface area contributed by atoms with E-state index in [0.29, 0.717) is 24.2 Å². The molecule has 9 atom stereocenters. The summed E-state index contributed by atoms with van der Waals surface area (Å²) in [5.41, 5.74) is 0.339. The van der Waals surface area contributed by atoms with Crippen LogP contribution in [-0.4, -0.2) is 18.9 Å². The van der Waals surface area contributed by atoms with E-state index in [0.717, 1.165) is 51.4 Å². The molecular formula is C32H49NO3. The van der Waals surface area contributed by atoms with Crippen molar-refractivity contribution < 1.29 is 14.3 Å². The van der Waals surface area contributed by atoms with Crippen molar-refractivity contribution in [1.29, 1.82) is 5.26 Å². The summed E-state index contributed by atoms with van der Waals surface area (Å²) in [6.07, 6.45) is 8.58. The maximum atomic E-state index is 13.4. The SMILES string of the molecule is C=C(C)[C@@H]1CC[C@]2(C(=O)OC)CC[C@]3(C)[C@H](CC[C@@H]4[C@@](C)(CC#N)[C@H](C(C)(C)C(C)=O)CC[C@]43C)[C@@H]12. The molecule has 0 saturated heterocycles. The van der Waals surface area contributed by atoms with Gasteiger partial charge in [0.25, 0.3) is 0 Å². The van der Waals surface area contributed by atoms with Crippen LogP contribution in [0.1, 0.15) is 106 Å². The molecule has 4 heteroatoms. The Morgan fingerprint density at radius 2 is 1.67 bits per heavy atom. The fourth-order valence-electron chi connectivity index (χ4n) is 10.9. The summed E-state index contributed by atoms with van der Waals surface area (Å²) < 4.78 is 5.47. The smallest absolute Gasteiger partial charge is 0.312 e. The Morgan fingerprint density at radius 1 is 1.00 bits per heavy atom. The normalized spacial score (nSPS) is 46.0. The topological polar surface area (TPSA) is 67.2 Å². The Balaban J connectivity index is 1.81. The summed E-state index contributed by atoms with van der Waals surface area (Å²) in [4.78, 5) is 26.2. The zero-order chi connectivity index (χ0) is 26.9. The van der Waals surface area contributed by atoms with Crippen LogP contribution in [0.2, 0.25) is 0 Å². The first kappa shape index (κ1) is 27.4. The minimum absolute atomic E-state index is 0.00758. The highest BCUT2D eigenvalue weighted by atomic mass is 16.5. The Morgan fingerprint density at radius 3 is 2.22 bits per heavy atom. The number of nitrogens with zero attached hydrogens (tertiary/aromatic N) is 1. The molecular weight excluding hydrogens is 446 g/mol. The van der Waals surface area contributed by atoms with Gasteiger partial charge in [0.15, 0.2) is 0 Å². The lowest BCUT2D eigenvalue weighted by atomic mass is 9.33. The molecule has 4 fully saturated rings. The number of allylic oxidation sites excluding steroid dienone is 1. The van der Waals surface area contributed by atoms with Crippen molar-refractivity contribution in [2.24, 2.45) is 56.7 Å². The first-order valence-corrected chi connectivity index (χ1v) is 14.3. The van der Waals surface area contributed by atoms with Crippen molar-refractivity contribution in [2.45, 2.75) is 106 Å². The summed E-state index contributed by atoms with van der Waals surface area (Å²) in [7, 11) is 1.56. The molecule has 0 spiro atoms. The largest absolute Gasteiger partial charge is 0.469 e. The van der Waals surface area contributed by atoms with Gasteiger partial charge in [0.1, 0.15) is 5.78 Å². The van der Waals surface area contributed by atoms with Gasteiger partial charge in [-0.25, -0.2) is 0 Å². The van der Waals surface area contributed by atoms with E-state index in [1.807, 2.05) is 0 Å². The van der Waals surface area contributed by atoms with Crippen LogP contribution in [0.15, 0.2) is 12.2 Å². The molecule has 0 aromatic heterocycles. The third kappa shape index (κ3) is 3.36. The van der Waals surface area contributed by atoms with Gasteiger partial charge in [0.2, 0.25) is 0 Å². The molecule has 200 valence electrons. The maximum absolute atomic E-state index is 13.4. The molecule has 0 N–H and O–H groups in total. The van der Waals surface area contributed by atoms with E-state index in [1.54, 1.807) is 14.0 Å². The molecule has 0 aromatic rings. The van der Waals surface area contributed by atoms with E-state index in [2.05, 4.69) is 54.2 Å². The number of carbonyl (C=O) groups excluding carboxylic acids is 2. The molecule has 0 amide bonds. The first-order valence-electron chi connectivity index (χ1n) is 14.3. The summed E-state index contributed by atoms with van der Waals surface area (Å²) in [5, 5.41) is 10.0. The fraction of sp³-hybridized carbons (Fsp3) is 0.844. The standard InChI is InChI=1S/C32H49NO3/c1-20(2)22-12-15-32(27(35)36-9)17-16-30(7)23(26(22)32)10-11-25-29(6,18-19-33)24(13-14-31(25,30)8)28(4,5)21(3)34/h22-26H,1,10-18H2,2-9H3/t22-,23+,24-,25+,26+,29-,30+,31+,32-/m0/s1. The monoisotopic (exact) mass is 495 g/mol. The maximum Gasteiger partial charge on any atom is 0.312 e. The lowest BCUT2D eigenvalue weighted by Gasteiger charge is -2.71. The van der Waals surface area contributed by atoms with Gasteiger partial charge in [0.05, 0.1) is 18.6 Å². The molecule has 4 aliphatic rings. The molecule has 4 nitrogen and oxygen atoms in total. The number of hydrogen-bond donors (Lipinski definition) is 0. The van der Waals surface area contributed by atoms with E-state index in [4.69, 9.17) is 4.74 Å². The van der Waals surface area contributed by atoms with Crippen molar-refractivity contribution in [3.8, 4) is 6.07 Å². The summed E-state index contributed by atoms with van der Waals surface area (Å²) in [6, 6.07) is 2.56. The number of ketones is 1. The number of methoxy groups -OCH3 is 1. The quantitative estimate of drug-likeness (QED) is 0.292. The van der Waals surface area contributed by atoms with Gasteiger partial charge < -0.3 is 4.74 Å².